The van der Waals surface area contributed by atoms with E-state index in [1.807, 2.05) is 30.3 Å². The summed E-state index contributed by atoms with van der Waals surface area (Å²) in [6, 6.07) is 18.1. The number of hydrogen-bond donors (Lipinski definition) is 2. The number of Topliss-reactive ketones (excluding diaryl/α,β-unsaturated/α-hetero) is 1. The van der Waals surface area contributed by atoms with Crippen LogP contribution in [-0.2, 0) is 15.0 Å². The molecule has 2 N–H and O–H groups in total. The molecule has 1 saturated heterocycles. The van der Waals surface area contributed by atoms with Crippen molar-refractivity contribution in [3.63, 3.8) is 0 Å². The Morgan fingerprint density at radius 3 is 2.48 bits per heavy atom. The molecule has 0 aromatic heterocycles. The van der Waals surface area contributed by atoms with E-state index in [1.54, 1.807) is 6.92 Å². The van der Waals surface area contributed by atoms with Crippen molar-refractivity contribution in [2.75, 3.05) is 6.54 Å². The molecule has 5 unspecified atom stereocenters. The molecule has 1 heterocycles. The van der Waals surface area contributed by atoms with Crippen LogP contribution < -0.4 is 5.32 Å². The monoisotopic (exact) mass is 361 g/mol. The number of carbonyl (C=O) groups is 2. The first kappa shape index (κ1) is 16.7. The van der Waals surface area contributed by atoms with Gasteiger partial charge < -0.3 is 10.4 Å². The van der Waals surface area contributed by atoms with E-state index < -0.39 is 22.8 Å². The maximum Gasteiger partial charge on any atom is 0.311 e. The highest BCUT2D eigenvalue weighted by molar-refractivity contribution is 5.88. The molecule has 2 aromatic rings. The molecule has 1 saturated carbocycles. The molecule has 3 aliphatic carbocycles. The molecule has 0 spiro atoms. The largest absolute Gasteiger partial charge is 0.481 e. The van der Waals surface area contributed by atoms with Crippen LogP contribution in [0.25, 0.3) is 0 Å². The number of benzene rings is 2. The fourth-order valence-electron chi connectivity index (χ4n) is 6.55. The zero-order valence-corrected chi connectivity index (χ0v) is 15.3. The molecule has 2 aromatic carbocycles. The zero-order valence-electron chi connectivity index (χ0n) is 15.3. The molecule has 2 fully saturated rings. The predicted molar refractivity (Wildman–Crippen MR) is 102 cm³/mol. The number of aliphatic carboxylic acids is 1. The van der Waals surface area contributed by atoms with Crippen molar-refractivity contribution in [2.45, 2.75) is 37.1 Å². The van der Waals surface area contributed by atoms with E-state index in [4.69, 9.17) is 0 Å². The number of ketones is 1. The normalized spacial score (nSPS) is 36.1. The summed E-state index contributed by atoms with van der Waals surface area (Å²) in [5, 5.41) is 13.8. The van der Waals surface area contributed by atoms with Crippen molar-refractivity contribution in [3.05, 3.63) is 71.3 Å². The Morgan fingerprint density at radius 1 is 1.07 bits per heavy atom. The lowest BCUT2D eigenvalue weighted by Gasteiger charge is -2.60. The molecule has 2 bridgehead atoms. The molecule has 138 valence electrons. The summed E-state index contributed by atoms with van der Waals surface area (Å²) in [6.45, 7) is 1.94. The number of carboxylic acid groups (broad SMARTS) is 1. The van der Waals surface area contributed by atoms with Gasteiger partial charge in [-0.3, -0.25) is 9.59 Å². The fraction of sp³-hybridized carbons (Fsp3) is 0.391. The fourth-order valence-corrected chi connectivity index (χ4v) is 6.55. The van der Waals surface area contributed by atoms with Gasteiger partial charge >= 0.3 is 5.97 Å². The molecule has 0 amide bonds. The number of carbonyl (C=O) groups excluding carboxylic acids is 1. The lowest BCUT2D eigenvalue weighted by molar-refractivity contribution is -0.158. The molecule has 4 heteroatoms. The maximum atomic E-state index is 12.7. The van der Waals surface area contributed by atoms with Crippen molar-refractivity contribution in [1.82, 2.24) is 5.32 Å². The van der Waals surface area contributed by atoms with E-state index >= 15 is 0 Å². The topological polar surface area (TPSA) is 66.4 Å². The number of hydrogen-bond acceptors (Lipinski definition) is 3. The highest BCUT2D eigenvalue weighted by atomic mass is 16.4. The van der Waals surface area contributed by atoms with Crippen LogP contribution in [0.15, 0.2) is 54.6 Å². The van der Waals surface area contributed by atoms with E-state index in [1.165, 1.54) is 5.56 Å². The smallest absolute Gasteiger partial charge is 0.311 e. The average molecular weight is 361 g/mol. The zero-order chi connectivity index (χ0) is 18.8. The van der Waals surface area contributed by atoms with Gasteiger partial charge in [0, 0.05) is 23.8 Å². The van der Waals surface area contributed by atoms with Crippen LogP contribution >= 0.6 is 0 Å². The summed E-state index contributed by atoms with van der Waals surface area (Å²) in [4.78, 5) is 25.3. The van der Waals surface area contributed by atoms with Gasteiger partial charge in [0.1, 0.15) is 5.78 Å². The average Bonchev–Trinajstić information content (AvgIpc) is 3.13. The van der Waals surface area contributed by atoms with Crippen molar-refractivity contribution in [1.29, 1.82) is 0 Å². The number of carboxylic acids is 1. The molecule has 0 radical (unpaired) electrons. The third-order valence-electron chi connectivity index (χ3n) is 7.42. The summed E-state index contributed by atoms with van der Waals surface area (Å²) >= 11 is 0. The van der Waals surface area contributed by atoms with Gasteiger partial charge in [-0.25, -0.2) is 0 Å². The lowest BCUT2D eigenvalue weighted by atomic mass is 9.41. The summed E-state index contributed by atoms with van der Waals surface area (Å²) in [7, 11) is 0. The Labute approximate surface area is 158 Å². The molecule has 1 aliphatic heterocycles. The minimum atomic E-state index is -0.946. The van der Waals surface area contributed by atoms with Crippen LogP contribution in [0.1, 0.15) is 42.4 Å². The first-order chi connectivity index (χ1) is 13.0. The third-order valence-corrected chi connectivity index (χ3v) is 7.42. The standard InChI is InChI=1S/C23H23NO3/c1-14(25)19-20-22(15-7-3-2-4-8-15)12-11-18(16-9-5-6-10-17(16)22)23(20,13-24-19)21(26)27/h2-10,18-20,24H,11-13H2,1H3,(H,26,27). The van der Waals surface area contributed by atoms with E-state index in [-0.39, 0.29) is 17.6 Å². The number of nitrogens with one attached hydrogen (secondary N) is 1. The molecule has 27 heavy (non-hydrogen) atoms. The second-order valence-electron chi connectivity index (χ2n) is 8.31. The SMILES string of the molecule is CC(=O)C1NCC2(C(=O)O)C3CCC(c4ccccc4)(c4ccccc43)C12. The maximum absolute atomic E-state index is 12.7. The summed E-state index contributed by atoms with van der Waals surface area (Å²) in [6.07, 6.45) is 1.71. The summed E-state index contributed by atoms with van der Waals surface area (Å²) in [5.74, 6) is -1.08. The van der Waals surface area contributed by atoms with Gasteiger partial charge in [-0.1, -0.05) is 54.6 Å². The van der Waals surface area contributed by atoms with Crippen molar-refractivity contribution < 1.29 is 14.7 Å². The molecular formula is C23H23NO3. The first-order valence-corrected chi connectivity index (χ1v) is 9.65. The lowest BCUT2D eigenvalue weighted by Crippen LogP contribution is -2.62. The number of rotatable bonds is 3. The van der Waals surface area contributed by atoms with Crippen LogP contribution in [-0.4, -0.2) is 29.4 Å². The van der Waals surface area contributed by atoms with E-state index in [0.29, 0.717) is 6.54 Å². The summed E-state index contributed by atoms with van der Waals surface area (Å²) in [5.41, 5.74) is 2.09. The molecule has 4 aliphatic rings. The minimum absolute atomic E-state index is 0.0310. The Morgan fingerprint density at radius 2 is 1.78 bits per heavy atom. The number of fused-ring (bicyclic) bond motifs is 1. The molecule has 4 nitrogen and oxygen atoms in total. The van der Waals surface area contributed by atoms with Crippen LogP contribution in [0.4, 0.5) is 0 Å². The van der Waals surface area contributed by atoms with Crippen molar-refractivity contribution in [3.8, 4) is 0 Å². The van der Waals surface area contributed by atoms with Gasteiger partial charge in [-0.05, 0) is 36.5 Å². The van der Waals surface area contributed by atoms with Gasteiger partial charge in [0.15, 0.2) is 0 Å². The van der Waals surface area contributed by atoms with E-state index in [9.17, 15) is 14.7 Å². The highest BCUT2D eigenvalue weighted by Crippen LogP contribution is 2.69. The Kier molecular flexibility index (Phi) is 3.41. The molecular weight excluding hydrogens is 338 g/mol. The van der Waals surface area contributed by atoms with Crippen molar-refractivity contribution in [2.24, 2.45) is 11.3 Å². The Balaban J connectivity index is 1.89. The highest BCUT2D eigenvalue weighted by Gasteiger charge is 2.72. The van der Waals surface area contributed by atoms with Gasteiger partial charge in [0.25, 0.3) is 0 Å². The second kappa shape index (κ2) is 5.52. The quantitative estimate of drug-likeness (QED) is 0.882. The molecule has 6 rings (SSSR count). The van der Waals surface area contributed by atoms with Crippen LogP contribution in [0, 0.1) is 11.3 Å². The Hall–Kier alpha value is -2.46. The Bertz CT molecular complexity index is 940. The van der Waals surface area contributed by atoms with E-state index in [0.717, 1.165) is 24.0 Å². The van der Waals surface area contributed by atoms with E-state index in [2.05, 4.69) is 29.6 Å². The van der Waals surface area contributed by atoms with Crippen LogP contribution in [0.5, 0.6) is 0 Å². The van der Waals surface area contributed by atoms with Gasteiger partial charge in [0.2, 0.25) is 0 Å². The molecule has 5 atom stereocenters. The third kappa shape index (κ3) is 1.86. The second-order valence-corrected chi connectivity index (χ2v) is 8.31. The predicted octanol–water partition coefficient (Wildman–Crippen LogP) is 3.11. The van der Waals surface area contributed by atoms with Crippen molar-refractivity contribution >= 4 is 11.8 Å². The van der Waals surface area contributed by atoms with Crippen LogP contribution in [0.3, 0.4) is 0 Å². The van der Waals surface area contributed by atoms with Gasteiger partial charge in [0.05, 0.1) is 11.5 Å². The summed E-state index contributed by atoms with van der Waals surface area (Å²) < 4.78 is 0. The van der Waals surface area contributed by atoms with Gasteiger partial charge in [-0.15, -0.1) is 0 Å². The van der Waals surface area contributed by atoms with Gasteiger partial charge in [-0.2, -0.15) is 0 Å². The first-order valence-electron chi connectivity index (χ1n) is 9.65. The van der Waals surface area contributed by atoms with Crippen LogP contribution in [0.2, 0.25) is 0 Å². The minimum Gasteiger partial charge on any atom is -0.481 e.